The van der Waals surface area contributed by atoms with Gasteiger partial charge in [-0.05, 0) is 42.4 Å². The highest BCUT2D eigenvalue weighted by molar-refractivity contribution is 14.1. The quantitative estimate of drug-likeness (QED) is 0.0540. The summed E-state index contributed by atoms with van der Waals surface area (Å²) in [5.74, 6) is -0.818. The van der Waals surface area contributed by atoms with Crippen LogP contribution in [0.25, 0.3) is 0 Å². The van der Waals surface area contributed by atoms with Crippen molar-refractivity contribution >= 4 is 27.2 Å². The van der Waals surface area contributed by atoms with Crippen LogP contribution >= 0.6 is 21.2 Å². The Morgan fingerprint density at radius 1 is 0.458 bits per heavy atom. The number of carboxylic acids is 1. The van der Waals surface area contributed by atoms with Crippen LogP contribution in [0.5, 0.6) is 0 Å². The number of rotatable bonds is 37. The summed E-state index contributed by atoms with van der Waals surface area (Å²) in [6.07, 6.45) is 45.7. The minimum Gasteiger partial charge on any atom is -0.481 e. The molecule has 1 N–H and O–H groups in total. The predicted octanol–water partition coefficient (Wildman–Crippen LogP) is 15.4. The molecule has 1 aromatic rings. The molecule has 0 atom stereocenters. The predicted molar refractivity (Wildman–Crippen MR) is 218 cm³/mol. The molecule has 1 rings (SSSR count). The monoisotopic (exact) mass is 783 g/mol. The van der Waals surface area contributed by atoms with Gasteiger partial charge in [0.2, 0.25) is 0 Å². The first-order chi connectivity index (χ1) is 23.6. The first kappa shape index (κ1) is 45.2. The topological polar surface area (TPSA) is 54.4 Å². The number of benzene rings is 1. The molecular formula is C44H79IO3. The van der Waals surface area contributed by atoms with E-state index in [1.165, 1.54) is 204 Å². The van der Waals surface area contributed by atoms with Gasteiger partial charge in [-0.15, -0.1) is 0 Å². The van der Waals surface area contributed by atoms with Crippen LogP contribution in [-0.2, 0) is 27.1 Å². The third-order valence-corrected chi connectivity index (χ3v) is 12.1. The van der Waals surface area contributed by atoms with E-state index in [1.807, 2.05) is 0 Å². The molecule has 0 aliphatic rings. The van der Waals surface area contributed by atoms with Crippen LogP contribution in [0, 0.1) is 3.57 Å². The highest BCUT2D eigenvalue weighted by Crippen LogP contribution is 2.27. The van der Waals surface area contributed by atoms with Crippen LogP contribution in [-0.4, -0.2) is 11.1 Å². The van der Waals surface area contributed by atoms with Crippen molar-refractivity contribution in [2.45, 2.75) is 239 Å². The second-order valence-electron chi connectivity index (χ2n) is 15.0. The molecule has 0 fully saturated rings. The maximum absolute atomic E-state index is 12.3. The Labute approximate surface area is 309 Å². The molecule has 4 heteroatoms. The summed E-state index contributed by atoms with van der Waals surface area (Å²) in [6, 6.07) is 4.33. The lowest BCUT2D eigenvalue weighted by Gasteiger charge is -2.13. The Morgan fingerprint density at radius 3 is 1.06 bits per heavy atom. The van der Waals surface area contributed by atoms with Crippen molar-refractivity contribution in [1.82, 2.24) is 0 Å². The Bertz CT molecular complexity index is 882. The second-order valence-corrected chi connectivity index (χ2v) is 16.5. The number of aryl methyl sites for hydroxylation is 2. The highest BCUT2D eigenvalue weighted by atomic mass is 127. The summed E-state index contributed by atoms with van der Waals surface area (Å²) in [7, 11) is 0. The van der Waals surface area contributed by atoms with Gasteiger partial charge in [0, 0.05) is 0 Å². The van der Waals surface area contributed by atoms with E-state index >= 15 is 0 Å². The van der Waals surface area contributed by atoms with Crippen molar-refractivity contribution < 1.29 is 13.0 Å². The van der Waals surface area contributed by atoms with E-state index in [1.54, 1.807) is 0 Å². The Morgan fingerprint density at radius 2 is 0.750 bits per heavy atom. The van der Waals surface area contributed by atoms with Crippen LogP contribution in [0.2, 0.25) is 0 Å². The van der Waals surface area contributed by atoms with Gasteiger partial charge < -0.3 is 5.11 Å². The van der Waals surface area contributed by atoms with Gasteiger partial charge in [-0.25, -0.2) is 0 Å². The van der Waals surface area contributed by atoms with E-state index in [2.05, 4.69) is 26.0 Å². The third kappa shape index (κ3) is 27.0. The maximum Gasteiger partial charge on any atom is 0.307 e. The fourth-order valence-electron chi connectivity index (χ4n) is 7.28. The fraction of sp³-hybridized carbons (Fsp3) is 0.841. The van der Waals surface area contributed by atoms with Gasteiger partial charge in [0.1, 0.15) is 0 Å². The van der Waals surface area contributed by atoms with Gasteiger partial charge in [0.25, 0.3) is 0 Å². The molecule has 0 saturated carbocycles. The van der Waals surface area contributed by atoms with Crippen LogP contribution < -0.4 is 0 Å². The molecule has 0 radical (unpaired) electrons. The molecule has 0 bridgehead atoms. The summed E-state index contributed by atoms with van der Waals surface area (Å²) in [4.78, 5) is 11.6. The van der Waals surface area contributed by atoms with Gasteiger partial charge in [0.15, 0.2) is 21.2 Å². The van der Waals surface area contributed by atoms with Crippen molar-refractivity contribution in [2.24, 2.45) is 0 Å². The van der Waals surface area contributed by atoms with Crippen molar-refractivity contribution in [2.75, 3.05) is 0 Å². The molecule has 0 aliphatic carbocycles. The molecule has 0 saturated heterocycles. The zero-order chi connectivity index (χ0) is 34.8. The molecule has 3 nitrogen and oxygen atoms in total. The minimum atomic E-state index is -1.37. The molecule has 280 valence electrons. The largest absolute Gasteiger partial charge is 0.481 e. The van der Waals surface area contributed by atoms with Crippen LogP contribution in [0.3, 0.4) is 0 Å². The summed E-state index contributed by atoms with van der Waals surface area (Å²) >= 11 is -1.37. The van der Waals surface area contributed by atoms with Gasteiger partial charge in [0.05, 0.1) is 9.99 Å². The van der Waals surface area contributed by atoms with E-state index in [-0.39, 0.29) is 6.42 Å². The number of unbranched alkanes of at least 4 members (excludes halogenated alkanes) is 30. The maximum atomic E-state index is 12.3. The number of hydrogen-bond donors (Lipinski definition) is 1. The summed E-state index contributed by atoms with van der Waals surface area (Å²) in [5, 5.41) is 9.53. The smallest absolute Gasteiger partial charge is 0.307 e. The van der Waals surface area contributed by atoms with E-state index in [9.17, 15) is 13.0 Å². The Kier molecular flexibility index (Phi) is 32.7. The highest BCUT2D eigenvalue weighted by Gasteiger charge is 2.14. The lowest BCUT2D eigenvalue weighted by molar-refractivity contribution is -0.136. The number of carboxylic acid groups (broad SMARTS) is 1. The number of carbonyl (C=O) groups is 1. The zero-order valence-corrected chi connectivity index (χ0v) is 34.2. The van der Waals surface area contributed by atoms with Crippen LogP contribution in [0.4, 0.5) is 0 Å². The van der Waals surface area contributed by atoms with E-state index in [0.717, 1.165) is 34.8 Å². The first-order valence-electron chi connectivity index (χ1n) is 21.3. The van der Waals surface area contributed by atoms with E-state index in [0.29, 0.717) is 0 Å². The number of hydrogen-bond acceptors (Lipinski definition) is 2. The molecule has 0 unspecified atom stereocenters. The Balaban J connectivity index is 2.21. The van der Waals surface area contributed by atoms with Gasteiger partial charge >= 0.3 is 5.97 Å². The van der Waals surface area contributed by atoms with Gasteiger partial charge in [-0.2, -0.15) is 0 Å². The van der Waals surface area contributed by atoms with Crippen molar-refractivity contribution in [3.63, 3.8) is 0 Å². The first-order valence-corrected chi connectivity index (χ1v) is 23.2. The molecule has 0 heterocycles. The molecular weight excluding hydrogens is 703 g/mol. The fourth-order valence-corrected chi connectivity index (χ4v) is 8.62. The standard InChI is InChI=1S/C44H79IO3/c1-3-5-7-9-11-13-15-17-19-21-23-25-27-29-31-33-35-40-37-41(44(45-48)42(38-40)39-43(46)47)36-34-32-30-28-26-24-22-20-18-16-14-12-10-8-6-4-2/h37-38H,3-36,39H2,1-2H3,(H,46,47). The molecule has 1 aromatic carbocycles. The lowest BCUT2D eigenvalue weighted by Crippen LogP contribution is -2.06. The normalized spacial score (nSPS) is 11.5. The van der Waals surface area contributed by atoms with E-state index < -0.39 is 27.2 Å². The SMILES string of the molecule is CCCCCCCCCCCCCCCCCCc1cc(CCCCCCCCCCCCCCCCCC)c(I=O)c(CC(=O)O)c1. The Hall–Kier alpha value is -0.780. The zero-order valence-electron chi connectivity index (χ0n) is 32.0. The molecule has 0 aliphatic heterocycles. The van der Waals surface area contributed by atoms with Crippen molar-refractivity contribution in [1.29, 1.82) is 0 Å². The van der Waals surface area contributed by atoms with E-state index in [4.69, 9.17) is 0 Å². The van der Waals surface area contributed by atoms with Gasteiger partial charge in [-0.1, -0.05) is 219 Å². The third-order valence-electron chi connectivity index (χ3n) is 10.3. The molecule has 0 aromatic heterocycles. The average molecular weight is 783 g/mol. The van der Waals surface area contributed by atoms with Gasteiger partial charge in [-0.3, -0.25) is 7.86 Å². The second kappa shape index (κ2) is 34.7. The number of aliphatic carboxylic acids is 1. The summed E-state index contributed by atoms with van der Waals surface area (Å²) in [5.41, 5.74) is 3.24. The summed E-state index contributed by atoms with van der Waals surface area (Å²) < 4.78 is 13.1. The number of halogens is 1. The van der Waals surface area contributed by atoms with Crippen LogP contribution in [0.1, 0.15) is 236 Å². The average Bonchev–Trinajstić information content (AvgIpc) is 3.07. The molecule has 0 spiro atoms. The molecule has 0 amide bonds. The van der Waals surface area contributed by atoms with Crippen molar-refractivity contribution in [3.05, 3.63) is 32.4 Å². The van der Waals surface area contributed by atoms with Crippen molar-refractivity contribution in [3.8, 4) is 0 Å². The molecule has 48 heavy (non-hydrogen) atoms. The van der Waals surface area contributed by atoms with Crippen LogP contribution in [0.15, 0.2) is 12.1 Å². The lowest BCUT2D eigenvalue weighted by atomic mass is 9.96. The summed E-state index contributed by atoms with van der Waals surface area (Å²) in [6.45, 7) is 4.57. The minimum absolute atomic E-state index is 0.00392.